The lowest BCUT2D eigenvalue weighted by Crippen LogP contribution is -2.13. The second kappa shape index (κ2) is 10.1. The normalized spacial score (nSPS) is 11.3. The number of halogens is 2. The molecule has 0 aliphatic carbocycles. The fraction of sp³-hybridized carbons (Fsp3) is 0.0800. The molecule has 0 unspecified atom stereocenters. The summed E-state index contributed by atoms with van der Waals surface area (Å²) in [4.78, 5) is 17.8. The Hall–Kier alpha value is -3.37. The zero-order valence-electron chi connectivity index (χ0n) is 17.4. The molecule has 0 saturated heterocycles. The summed E-state index contributed by atoms with van der Waals surface area (Å²) in [5, 5.41) is 13.9. The van der Waals surface area contributed by atoms with E-state index in [1.165, 1.54) is 17.4 Å². The molecule has 0 aliphatic heterocycles. The number of thiazole rings is 1. The van der Waals surface area contributed by atoms with Crippen molar-refractivity contribution in [1.29, 1.82) is 5.26 Å². The molecular weight excluding hydrogens is 477 g/mol. The maximum atomic E-state index is 12.6. The summed E-state index contributed by atoms with van der Waals surface area (Å²) in [7, 11) is 0. The number of furan rings is 1. The van der Waals surface area contributed by atoms with Crippen LogP contribution in [0.4, 0.5) is 5.13 Å². The zero-order chi connectivity index (χ0) is 23.4. The standard InChI is InChI=1S/C25H17Cl2N3O2S/c1-15-2-3-16(11-22(15)27)10-21-14-29-25(33-21)30-24(31)18(13-28)12-20-8-9-23(32-20)17-4-6-19(26)7-5-17/h2-9,11-12,14H,10H2,1H3,(H,29,30,31). The number of nitriles is 1. The Balaban J connectivity index is 1.44. The molecule has 8 heteroatoms. The van der Waals surface area contributed by atoms with Crippen molar-refractivity contribution in [3.63, 3.8) is 0 Å². The third kappa shape index (κ3) is 5.71. The summed E-state index contributed by atoms with van der Waals surface area (Å²) in [6, 6.07) is 18.5. The van der Waals surface area contributed by atoms with Gasteiger partial charge in [-0.05, 0) is 60.5 Å². The van der Waals surface area contributed by atoms with Gasteiger partial charge in [0, 0.05) is 39.2 Å². The summed E-state index contributed by atoms with van der Waals surface area (Å²) in [5.41, 5.74) is 2.82. The number of carbonyl (C=O) groups is 1. The molecule has 0 spiro atoms. The van der Waals surface area contributed by atoms with Crippen LogP contribution in [0.25, 0.3) is 17.4 Å². The van der Waals surface area contributed by atoms with Crippen molar-refractivity contribution >= 4 is 51.7 Å². The molecule has 0 atom stereocenters. The third-order valence-corrected chi connectivity index (χ3v) is 6.37. The summed E-state index contributed by atoms with van der Waals surface area (Å²) in [6.45, 7) is 1.95. The van der Waals surface area contributed by atoms with E-state index in [0.29, 0.717) is 33.1 Å². The van der Waals surface area contributed by atoms with Gasteiger partial charge in [0.2, 0.25) is 0 Å². The molecule has 1 amide bonds. The SMILES string of the molecule is Cc1ccc(Cc2cnc(NC(=O)C(C#N)=Cc3ccc(-c4ccc(Cl)cc4)o3)s2)cc1Cl. The highest BCUT2D eigenvalue weighted by molar-refractivity contribution is 7.15. The first-order chi connectivity index (χ1) is 15.9. The van der Waals surface area contributed by atoms with Crippen molar-refractivity contribution in [2.24, 2.45) is 0 Å². The lowest BCUT2D eigenvalue weighted by molar-refractivity contribution is -0.112. The van der Waals surface area contributed by atoms with Crippen LogP contribution >= 0.6 is 34.5 Å². The average molecular weight is 494 g/mol. The molecule has 2 aromatic carbocycles. The van der Waals surface area contributed by atoms with Gasteiger partial charge in [0.15, 0.2) is 5.13 Å². The number of carbonyl (C=O) groups excluding carboxylic acids is 1. The van der Waals surface area contributed by atoms with E-state index >= 15 is 0 Å². The van der Waals surface area contributed by atoms with Crippen LogP contribution in [-0.2, 0) is 11.2 Å². The maximum Gasteiger partial charge on any atom is 0.268 e. The van der Waals surface area contributed by atoms with Gasteiger partial charge < -0.3 is 4.42 Å². The molecule has 0 saturated carbocycles. The topological polar surface area (TPSA) is 78.9 Å². The van der Waals surface area contributed by atoms with Crippen molar-refractivity contribution in [2.45, 2.75) is 13.3 Å². The van der Waals surface area contributed by atoms with Gasteiger partial charge in [0.25, 0.3) is 5.91 Å². The molecule has 0 bridgehead atoms. The Kier molecular flexibility index (Phi) is 6.95. The minimum atomic E-state index is -0.554. The molecule has 5 nitrogen and oxygen atoms in total. The average Bonchev–Trinajstić information content (AvgIpc) is 3.44. The van der Waals surface area contributed by atoms with Crippen molar-refractivity contribution in [1.82, 2.24) is 4.98 Å². The maximum absolute atomic E-state index is 12.6. The van der Waals surface area contributed by atoms with Gasteiger partial charge in [-0.15, -0.1) is 11.3 Å². The van der Waals surface area contributed by atoms with Gasteiger partial charge >= 0.3 is 0 Å². The highest BCUT2D eigenvalue weighted by Gasteiger charge is 2.14. The predicted octanol–water partition coefficient (Wildman–Crippen LogP) is 7.15. The van der Waals surface area contributed by atoms with Gasteiger partial charge in [0.1, 0.15) is 23.2 Å². The first-order valence-electron chi connectivity index (χ1n) is 9.90. The number of aryl methyl sites for hydroxylation is 1. The van der Waals surface area contributed by atoms with Crippen LogP contribution in [0.15, 0.2) is 70.8 Å². The Bertz CT molecular complexity index is 1380. The Labute approximate surface area is 204 Å². The summed E-state index contributed by atoms with van der Waals surface area (Å²) in [6.07, 6.45) is 3.75. The number of hydrogen-bond donors (Lipinski definition) is 1. The first-order valence-corrected chi connectivity index (χ1v) is 11.5. The molecule has 0 radical (unpaired) electrons. The molecular formula is C25H17Cl2N3O2S. The number of aromatic nitrogens is 1. The van der Waals surface area contributed by atoms with E-state index in [9.17, 15) is 10.1 Å². The zero-order valence-corrected chi connectivity index (χ0v) is 19.8. The largest absolute Gasteiger partial charge is 0.457 e. The molecule has 2 heterocycles. The monoisotopic (exact) mass is 493 g/mol. The Morgan fingerprint density at radius 2 is 1.97 bits per heavy atom. The van der Waals surface area contributed by atoms with Crippen LogP contribution in [-0.4, -0.2) is 10.9 Å². The third-order valence-electron chi connectivity index (χ3n) is 4.80. The number of hydrogen-bond acceptors (Lipinski definition) is 5. The van der Waals surface area contributed by atoms with Crippen LogP contribution < -0.4 is 5.32 Å². The van der Waals surface area contributed by atoms with E-state index < -0.39 is 5.91 Å². The molecule has 4 rings (SSSR count). The van der Waals surface area contributed by atoms with Gasteiger partial charge in [-0.2, -0.15) is 5.26 Å². The fourth-order valence-electron chi connectivity index (χ4n) is 3.05. The molecule has 33 heavy (non-hydrogen) atoms. The van der Waals surface area contributed by atoms with Crippen molar-refractivity contribution in [3.05, 3.63) is 98.2 Å². The summed E-state index contributed by atoms with van der Waals surface area (Å²) >= 11 is 13.5. The number of rotatable bonds is 6. The number of benzene rings is 2. The minimum absolute atomic E-state index is 0.0888. The second-order valence-electron chi connectivity index (χ2n) is 7.22. The van der Waals surface area contributed by atoms with Gasteiger partial charge in [-0.25, -0.2) is 4.98 Å². The van der Waals surface area contributed by atoms with Crippen LogP contribution in [0.3, 0.4) is 0 Å². The van der Waals surface area contributed by atoms with Gasteiger partial charge in [-0.3, -0.25) is 10.1 Å². The summed E-state index contributed by atoms with van der Waals surface area (Å²) < 4.78 is 5.76. The van der Waals surface area contributed by atoms with Crippen molar-refractivity contribution < 1.29 is 9.21 Å². The van der Waals surface area contributed by atoms with Gasteiger partial charge in [-0.1, -0.05) is 35.3 Å². The van der Waals surface area contributed by atoms with E-state index in [1.54, 1.807) is 30.5 Å². The molecule has 0 aliphatic rings. The molecule has 1 N–H and O–H groups in total. The second-order valence-corrected chi connectivity index (χ2v) is 9.18. The highest BCUT2D eigenvalue weighted by Crippen LogP contribution is 2.26. The summed E-state index contributed by atoms with van der Waals surface area (Å²) in [5.74, 6) is 0.445. The van der Waals surface area contributed by atoms with Crippen molar-refractivity contribution in [2.75, 3.05) is 5.32 Å². The van der Waals surface area contributed by atoms with E-state index in [-0.39, 0.29) is 5.57 Å². The van der Waals surface area contributed by atoms with E-state index in [0.717, 1.165) is 21.6 Å². The number of nitrogens with one attached hydrogen (secondary N) is 1. The quantitative estimate of drug-likeness (QED) is 0.228. The van der Waals surface area contributed by atoms with Crippen LogP contribution in [0.2, 0.25) is 10.0 Å². The Morgan fingerprint density at radius 3 is 2.70 bits per heavy atom. The smallest absolute Gasteiger partial charge is 0.268 e. The predicted molar refractivity (Wildman–Crippen MR) is 132 cm³/mol. The number of anilines is 1. The van der Waals surface area contributed by atoms with Crippen LogP contribution in [0.1, 0.15) is 21.8 Å². The van der Waals surface area contributed by atoms with Crippen LogP contribution in [0.5, 0.6) is 0 Å². The molecule has 2 aromatic heterocycles. The van der Waals surface area contributed by atoms with E-state index in [1.807, 2.05) is 43.3 Å². The highest BCUT2D eigenvalue weighted by atomic mass is 35.5. The molecule has 4 aromatic rings. The van der Waals surface area contributed by atoms with Gasteiger partial charge in [0.05, 0.1) is 0 Å². The lowest BCUT2D eigenvalue weighted by atomic mass is 10.1. The van der Waals surface area contributed by atoms with E-state index in [2.05, 4.69) is 10.3 Å². The fourth-order valence-corrected chi connectivity index (χ4v) is 4.22. The van der Waals surface area contributed by atoms with Crippen molar-refractivity contribution in [3.8, 4) is 17.4 Å². The number of nitrogens with zero attached hydrogens (tertiary/aromatic N) is 2. The first kappa shape index (κ1) is 22.8. The van der Waals surface area contributed by atoms with E-state index in [4.69, 9.17) is 27.6 Å². The Morgan fingerprint density at radius 1 is 1.18 bits per heavy atom. The molecule has 0 fully saturated rings. The van der Waals surface area contributed by atoms with Crippen LogP contribution in [0, 0.1) is 18.3 Å². The minimum Gasteiger partial charge on any atom is -0.457 e. The number of amides is 1. The lowest BCUT2D eigenvalue weighted by Gasteiger charge is -2.02. The molecule has 164 valence electrons.